The Morgan fingerprint density at radius 2 is 1.53 bits per heavy atom. The van der Waals surface area contributed by atoms with Crippen LogP contribution in [0.1, 0.15) is 46.0 Å². The fourth-order valence-electron chi connectivity index (χ4n) is 2.87. The van der Waals surface area contributed by atoms with Crippen molar-refractivity contribution in [2.75, 3.05) is 19.6 Å². The van der Waals surface area contributed by atoms with Crippen LogP contribution in [0.3, 0.4) is 0 Å². The second kappa shape index (κ2) is 8.62. The summed E-state index contributed by atoms with van der Waals surface area (Å²) in [5, 5.41) is 4.94. The Labute approximate surface area is 101 Å². The van der Waals surface area contributed by atoms with E-state index in [-0.39, 0.29) is 14.1 Å². The molecule has 1 nitrogen and oxygen atoms in total. The Bertz CT molecular complexity index is 137. The molecule has 1 rings (SSSR count). The van der Waals surface area contributed by atoms with Gasteiger partial charge in [0.05, 0.1) is 0 Å². The van der Waals surface area contributed by atoms with Crippen LogP contribution < -0.4 is 0 Å². The molecular weight excluding hydrogens is 197 g/mol. The van der Waals surface area contributed by atoms with E-state index in [0.717, 1.165) is 0 Å². The standard InChI is InChI=1S/C9H20N.C4H8.Al/c1-4-7-10(8-5-2)9-6-3;1-3-4-2;/h1,4-9H2,2-3H3;1-4H2;. The quantitative estimate of drug-likeness (QED) is 0.568. The van der Waals surface area contributed by atoms with Crippen molar-refractivity contribution >= 4 is 14.1 Å². The highest BCUT2D eigenvalue weighted by atomic mass is 27.2. The molecule has 0 bridgehead atoms. The van der Waals surface area contributed by atoms with Crippen molar-refractivity contribution in [2.45, 2.75) is 61.8 Å². The average molecular weight is 225 g/mol. The molecule has 0 saturated carbocycles. The Morgan fingerprint density at radius 3 is 2.07 bits per heavy atom. The summed E-state index contributed by atoms with van der Waals surface area (Å²) in [5.74, 6) is 0. The van der Waals surface area contributed by atoms with Crippen molar-refractivity contribution in [2.24, 2.45) is 0 Å². The molecule has 0 aliphatic carbocycles. The van der Waals surface area contributed by atoms with E-state index in [0.29, 0.717) is 0 Å². The van der Waals surface area contributed by atoms with Gasteiger partial charge in [-0.3, -0.25) is 0 Å². The maximum absolute atomic E-state index is 2.67. The van der Waals surface area contributed by atoms with Gasteiger partial charge in [0.15, 0.2) is 0 Å². The summed E-state index contributed by atoms with van der Waals surface area (Å²) in [6.07, 6.45) is 7.26. The first-order chi connectivity index (χ1) is 7.36. The SMILES string of the molecule is CCCN(CCC)CC[CH2][Al]1[CH2]CC[CH2]1. The molecule has 1 aliphatic heterocycles. The van der Waals surface area contributed by atoms with Gasteiger partial charge in [0.1, 0.15) is 0 Å². The number of hydrogen-bond acceptors (Lipinski definition) is 1. The average Bonchev–Trinajstić information content (AvgIpc) is 2.71. The van der Waals surface area contributed by atoms with Crippen LogP contribution in [-0.2, 0) is 0 Å². The van der Waals surface area contributed by atoms with Crippen LogP contribution in [0.4, 0.5) is 0 Å². The van der Waals surface area contributed by atoms with Gasteiger partial charge in [0, 0.05) is 0 Å². The zero-order valence-corrected chi connectivity index (χ0v) is 12.0. The van der Waals surface area contributed by atoms with E-state index in [9.17, 15) is 0 Å². The zero-order chi connectivity index (χ0) is 10.9. The van der Waals surface area contributed by atoms with Crippen LogP contribution in [0.5, 0.6) is 0 Å². The fourth-order valence-corrected chi connectivity index (χ4v) is 6.23. The molecular formula is C13H28AlN. The first-order valence-electron chi connectivity index (χ1n) is 7.09. The predicted molar refractivity (Wildman–Crippen MR) is 71.0 cm³/mol. The topological polar surface area (TPSA) is 3.24 Å². The largest absolute Gasteiger partial charge is 0.303 e. The lowest BCUT2D eigenvalue weighted by Gasteiger charge is -2.21. The monoisotopic (exact) mass is 225 g/mol. The molecule has 0 aromatic rings. The van der Waals surface area contributed by atoms with Gasteiger partial charge in [-0.05, 0) is 32.5 Å². The van der Waals surface area contributed by atoms with Crippen LogP contribution in [0.25, 0.3) is 0 Å². The minimum Gasteiger partial charge on any atom is -0.303 e. The Balaban J connectivity index is 2.04. The van der Waals surface area contributed by atoms with Crippen molar-refractivity contribution in [3.05, 3.63) is 0 Å². The van der Waals surface area contributed by atoms with Crippen molar-refractivity contribution < 1.29 is 0 Å². The molecule has 0 radical (unpaired) electrons. The maximum atomic E-state index is 2.67. The van der Waals surface area contributed by atoms with Gasteiger partial charge < -0.3 is 4.90 Å². The summed E-state index contributed by atoms with van der Waals surface area (Å²) in [6.45, 7) is 8.62. The fraction of sp³-hybridized carbons (Fsp3) is 1.00. The highest BCUT2D eigenvalue weighted by Crippen LogP contribution is 2.23. The second-order valence-electron chi connectivity index (χ2n) is 5.13. The molecule has 1 heterocycles. The molecule has 1 fully saturated rings. The molecule has 1 saturated heterocycles. The Kier molecular flexibility index (Phi) is 7.79. The summed E-state index contributed by atoms with van der Waals surface area (Å²) >= 11 is -0.206. The predicted octanol–water partition coefficient (Wildman–Crippen LogP) is 3.79. The minimum atomic E-state index is -0.206. The van der Waals surface area contributed by atoms with Crippen LogP contribution in [0.2, 0.25) is 15.8 Å². The van der Waals surface area contributed by atoms with Gasteiger partial charge in [0.2, 0.25) is 0 Å². The van der Waals surface area contributed by atoms with E-state index < -0.39 is 0 Å². The van der Waals surface area contributed by atoms with Crippen LogP contribution in [0.15, 0.2) is 0 Å². The number of nitrogens with zero attached hydrogens (tertiary/aromatic N) is 1. The maximum Gasteiger partial charge on any atom is 0.261 e. The lowest BCUT2D eigenvalue weighted by molar-refractivity contribution is 0.275. The molecule has 1 aliphatic rings. The van der Waals surface area contributed by atoms with Gasteiger partial charge in [-0.1, -0.05) is 49.0 Å². The molecule has 0 amide bonds. The molecule has 15 heavy (non-hydrogen) atoms. The highest BCUT2D eigenvalue weighted by molar-refractivity contribution is 6.59. The lowest BCUT2D eigenvalue weighted by Crippen LogP contribution is -2.27. The van der Waals surface area contributed by atoms with E-state index in [4.69, 9.17) is 0 Å². The third-order valence-electron chi connectivity index (χ3n) is 3.64. The number of rotatable bonds is 8. The van der Waals surface area contributed by atoms with Gasteiger partial charge >= 0.3 is 0 Å². The Hall–Kier alpha value is 0.492. The minimum absolute atomic E-state index is 0.206. The summed E-state index contributed by atoms with van der Waals surface area (Å²) < 4.78 is 0. The first kappa shape index (κ1) is 13.6. The van der Waals surface area contributed by atoms with E-state index in [1.807, 2.05) is 0 Å². The van der Waals surface area contributed by atoms with Crippen molar-refractivity contribution in [3.8, 4) is 0 Å². The third-order valence-corrected chi connectivity index (χ3v) is 7.32. The van der Waals surface area contributed by atoms with Crippen molar-refractivity contribution in [1.29, 1.82) is 0 Å². The van der Waals surface area contributed by atoms with Crippen molar-refractivity contribution in [1.82, 2.24) is 4.90 Å². The van der Waals surface area contributed by atoms with E-state index in [1.54, 1.807) is 28.7 Å². The highest BCUT2D eigenvalue weighted by Gasteiger charge is 2.21. The van der Waals surface area contributed by atoms with E-state index in [2.05, 4.69) is 18.7 Å². The summed E-state index contributed by atoms with van der Waals surface area (Å²) in [5.41, 5.74) is 0. The van der Waals surface area contributed by atoms with Crippen LogP contribution >= 0.6 is 0 Å². The first-order valence-corrected chi connectivity index (χ1v) is 9.54. The molecule has 0 aromatic carbocycles. The molecule has 0 unspecified atom stereocenters. The van der Waals surface area contributed by atoms with Gasteiger partial charge in [-0.25, -0.2) is 0 Å². The van der Waals surface area contributed by atoms with E-state index in [1.165, 1.54) is 38.9 Å². The molecule has 0 atom stereocenters. The molecule has 0 N–H and O–H groups in total. The Morgan fingerprint density at radius 1 is 0.933 bits per heavy atom. The summed E-state index contributed by atoms with van der Waals surface area (Å²) in [7, 11) is 0. The number of hydrogen-bond donors (Lipinski definition) is 0. The molecule has 0 spiro atoms. The van der Waals surface area contributed by atoms with Crippen LogP contribution in [-0.4, -0.2) is 38.7 Å². The second-order valence-corrected chi connectivity index (χ2v) is 8.60. The molecule has 2 heteroatoms. The van der Waals surface area contributed by atoms with E-state index >= 15 is 0 Å². The third kappa shape index (κ3) is 5.95. The molecule has 88 valence electrons. The van der Waals surface area contributed by atoms with Gasteiger partial charge in [-0.2, -0.15) is 0 Å². The van der Waals surface area contributed by atoms with Gasteiger partial charge in [0.25, 0.3) is 14.1 Å². The lowest BCUT2D eigenvalue weighted by atomic mass is 10.3. The summed E-state index contributed by atoms with van der Waals surface area (Å²) in [4.78, 5) is 2.67. The molecule has 0 aromatic heterocycles. The summed E-state index contributed by atoms with van der Waals surface area (Å²) in [6, 6.07) is 0. The van der Waals surface area contributed by atoms with Gasteiger partial charge in [-0.15, -0.1) is 0 Å². The normalized spacial score (nSPS) is 16.6. The smallest absolute Gasteiger partial charge is 0.261 e. The zero-order valence-electron chi connectivity index (χ0n) is 10.8. The van der Waals surface area contributed by atoms with Crippen molar-refractivity contribution in [3.63, 3.8) is 0 Å². The van der Waals surface area contributed by atoms with Crippen LogP contribution in [0, 0.1) is 0 Å².